The van der Waals surface area contributed by atoms with Crippen molar-refractivity contribution < 1.29 is 19.6 Å². The number of carbonyl (C=O) groups is 1. The molecule has 2 rings (SSSR count). The summed E-state index contributed by atoms with van der Waals surface area (Å²) in [4.78, 5) is 21.5. The highest BCUT2D eigenvalue weighted by molar-refractivity contribution is 9.10. The van der Waals surface area contributed by atoms with Gasteiger partial charge in [-0.2, -0.15) is 5.10 Å². The van der Waals surface area contributed by atoms with E-state index in [1.165, 1.54) is 29.9 Å². The van der Waals surface area contributed by atoms with Crippen LogP contribution in [0.4, 0.5) is 5.69 Å². The summed E-state index contributed by atoms with van der Waals surface area (Å²) in [6.45, 7) is 1.54. The summed E-state index contributed by atoms with van der Waals surface area (Å²) < 4.78 is 7.24. The summed E-state index contributed by atoms with van der Waals surface area (Å²) in [5, 5.41) is 24.0. The number of carboxylic acids is 1. The summed E-state index contributed by atoms with van der Waals surface area (Å²) in [7, 11) is 1.53. The molecule has 0 saturated heterocycles. The van der Waals surface area contributed by atoms with Crippen LogP contribution in [-0.2, 0) is 7.05 Å². The van der Waals surface area contributed by atoms with Gasteiger partial charge < -0.3 is 9.84 Å². The molecule has 0 aliphatic carbocycles. The van der Waals surface area contributed by atoms with Crippen molar-refractivity contribution in [2.45, 2.75) is 6.92 Å². The fourth-order valence-corrected chi connectivity index (χ4v) is 2.12. The third-order valence-corrected chi connectivity index (χ3v) is 3.37. The number of aromatic carboxylic acids is 1. The maximum atomic E-state index is 11.3. The molecule has 0 amide bonds. The maximum absolute atomic E-state index is 11.3. The normalized spacial score (nSPS) is 10.4. The number of nitro groups is 1. The number of benzene rings is 1. The minimum absolute atomic E-state index is 0.00111. The van der Waals surface area contributed by atoms with Gasteiger partial charge in [0.1, 0.15) is 5.56 Å². The van der Waals surface area contributed by atoms with E-state index < -0.39 is 10.9 Å². The third-order valence-electron chi connectivity index (χ3n) is 2.72. The minimum atomic E-state index is -1.18. The maximum Gasteiger partial charge on any atom is 0.343 e. The van der Waals surface area contributed by atoms with E-state index in [4.69, 9.17) is 4.74 Å². The van der Waals surface area contributed by atoms with Crippen LogP contribution in [0.15, 0.2) is 22.7 Å². The smallest absolute Gasteiger partial charge is 0.343 e. The molecule has 9 heteroatoms. The average Bonchev–Trinajstić information content (AvgIpc) is 2.66. The fourth-order valence-electron chi connectivity index (χ4n) is 1.79. The van der Waals surface area contributed by atoms with Crippen molar-refractivity contribution in [3.8, 4) is 11.6 Å². The van der Waals surface area contributed by atoms with E-state index in [0.717, 1.165) is 0 Å². The third kappa shape index (κ3) is 2.87. The van der Waals surface area contributed by atoms with Crippen LogP contribution in [0.5, 0.6) is 11.6 Å². The van der Waals surface area contributed by atoms with Crippen molar-refractivity contribution in [1.82, 2.24) is 9.78 Å². The van der Waals surface area contributed by atoms with E-state index in [1.54, 1.807) is 6.92 Å². The molecule has 21 heavy (non-hydrogen) atoms. The summed E-state index contributed by atoms with van der Waals surface area (Å²) in [5.41, 5.74) is 0.0430. The van der Waals surface area contributed by atoms with E-state index >= 15 is 0 Å². The lowest BCUT2D eigenvalue weighted by atomic mass is 10.2. The fraction of sp³-hybridized carbons (Fsp3) is 0.167. The van der Waals surface area contributed by atoms with Gasteiger partial charge in [0, 0.05) is 13.1 Å². The lowest BCUT2D eigenvalue weighted by molar-refractivity contribution is -0.384. The highest BCUT2D eigenvalue weighted by Gasteiger charge is 2.23. The summed E-state index contributed by atoms with van der Waals surface area (Å²) in [5.74, 6) is -1.05. The van der Waals surface area contributed by atoms with Crippen LogP contribution in [0.2, 0.25) is 0 Å². The van der Waals surface area contributed by atoms with Crippen molar-refractivity contribution in [3.05, 3.63) is 44.0 Å². The molecule has 1 aromatic heterocycles. The Hall–Kier alpha value is -2.42. The van der Waals surface area contributed by atoms with E-state index in [2.05, 4.69) is 21.0 Å². The first-order valence-corrected chi connectivity index (χ1v) is 6.49. The Labute approximate surface area is 127 Å². The number of nitrogens with zero attached hydrogens (tertiary/aromatic N) is 3. The monoisotopic (exact) mass is 355 g/mol. The molecule has 2 aromatic rings. The van der Waals surface area contributed by atoms with Gasteiger partial charge in [-0.15, -0.1) is 0 Å². The Balaban J connectivity index is 2.50. The highest BCUT2D eigenvalue weighted by Crippen LogP contribution is 2.34. The van der Waals surface area contributed by atoms with Crippen molar-refractivity contribution in [2.75, 3.05) is 0 Å². The zero-order chi connectivity index (χ0) is 15.7. The molecule has 1 heterocycles. The van der Waals surface area contributed by atoms with Gasteiger partial charge in [0.15, 0.2) is 5.75 Å². The van der Waals surface area contributed by atoms with Gasteiger partial charge in [0.25, 0.3) is 5.69 Å². The molecule has 0 saturated carbocycles. The number of nitro benzene ring substituents is 1. The Morgan fingerprint density at radius 3 is 2.76 bits per heavy atom. The second kappa shape index (κ2) is 5.52. The van der Waals surface area contributed by atoms with Gasteiger partial charge in [-0.1, -0.05) is 0 Å². The first kappa shape index (κ1) is 15.0. The van der Waals surface area contributed by atoms with Crippen LogP contribution in [-0.4, -0.2) is 25.8 Å². The quantitative estimate of drug-likeness (QED) is 0.667. The number of halogens is 1. The van der Waals surface area contributed by atoms with Crippen LogP contribution < -0.4 is 4.74 Å². The lowest BCUT2D eigenvalue weighted by Crippen LogP contribution is -2.02. The number of aryl methyl sites for hydroxylation is 2. The zero-order valence-electron chi connectivity index (χ0n) is 11.0. The number of hydrogen-bond donors (Lipinski definition) is 1. The van der Waals surface area contributed by atoms with Gasteiger partial charge in [-0.25, -0.2) is 9.48 Å². The molecular weight excluding hydrogens is 346 g/mol. The van der Waals surface area contributed by atoms with Crippen LogP contribution in [0, 0.1) is 17.0 Å². The Kier molecular flexibility index (Phi) is 3.94. The first-order valence-electron chi connectivity index (χ1n) is 5.70. The largest absolute Gasteiger partial charge is 0.477 e. The number of aromatic nitrogens is 2. The molecule has 0 bridgehead atoms. The number of non-ortho nitro benzene ring substituents is 1. The summed E-state index contributed by atoms with van der Waals surface area (Å²) in [6, 6.07) is 3.97. The Morgan fingerprint density at radius 1 is 1.52 bits per heavy atom. The lowest BCUT2D eigenvalue weighted by Gasteiger charge is -2.08. The predicted octanol–water partition coefficient (Wildman–Crippen LogP) is 2.89. The number of hydrogen-bond acceptors (Lipinski definition) is 5. The van der Waals surface area contributed by atoms with Gasteiger partial charge in [-0.05, 0) is 28.9 Å². The van der Waals surface area contributed by atoms with Gasteiger partial charge >= 0.3 is 5.97 Å². The van der Waals surface area contributed by atoms with Crippen molar-refractivity contribution in [3.63, 3.8) is 0 Å². The molecule has 1 N–H and O–H groups in total. The molecule has 0 fully saturated rings. The molecular formula is C12H10BrN3O5. The molecule has 110 valence electrons. The van der Waals surface area contributed by atoms with Crippen molar-refractivity contribution in [1.29, 1.82) is 0 Å². The van der Waals surface area contributed by atoms with E-state index in [-0.39, 0.29) is 22.9 Å². The number of carboxylic acid groups (broad SMARTS) is 1. The zero-order valence-corrected chi connectivity index (χ0v) is 12.6. The van der Waals surface area contributed by atoms with Gasteiger partial charge in [0.2, 0.25) is 5.88 Å². The summed E-state index contributed by atoms with van der Waals surface area (Å²) >= 11 is 3.21. The Bertz CT molecular complexity index is 741. The molecule has 0 atom stereocenters. The minimum Gasteiger partial charge on any atom is -0.477 e. The second-order valence-electron chi connectivity index (χ2n) is 4.17. The second-order valence-corrected chi connectivity index (χ2v) is 5.02. The van der Waals surface area contributed by atoms with Crippen LogP contribution in [0.3, 0.4) is 0 Å². The van der Waals surface area contributed by atoms with E-state index in [1.807, 2.05) is 0 Å². The molecule has 0 aliphatic rings. The first-order chi connectivity index (χ1) is 9.81. The topological polar surface area (TPSA) is 107 Å². The molecule has 0 unspecified atom stereocenters. The SMILES string of the molecule is Cc1nn(C)c(Oc2cc([N+](=O)[O-])ccc2Br)c1C(=O)O. The number of rotatable bonds is 4. The molecule has 0 radical (unpaired) electrons. The van der Waals surface area contributed by atoms with Crippen LogP contribution in [0.1, 0.15) is 16.1 Å². The Morgan fingerprint density at radius 2 is 2.19 bits per heavy atom. The van der Waals surface area contributed by atoms with Crippen LogP contribution >= 0.6 is 15.9 Å². The standard InChI is InChI=1S/C12H10BrN3O5/c1-6-10(12(17)18)11(15(2)14-6)21-9-5-7(16(19)20)3-4-8(9)13/h3-5H,1-2H3,(H,17,18). The van der Waals surface area contributed by atoms with Crippen LogP contribution in [0.25, 0.3) is 0 Å². The predicted molar refractivity (Wildman–Crippen MR) is 75.8 cm³/mol. The van der Waals surface area contributed by atoms with E-state index in [9.17, 15) is 20.0 Å². The molecule has 0 spiro atoms. The van der Waals surface area contributed by atoms with Crippen molar-refractivity contribution >= 4 is 27.6 Å². The van der Waals surface area contributed by atoms with Gasteiger partial charge in [-0.3, -0.25) is 10.1 Å². The molecule has 8 nitrogen and oxygen atoms in total. The van der Waals surface area contributed by atoms with Crippen molar-refractivity contribution in [2.24, 2.45) is 7.05 Å². The highest BCUT2D eigenvalue weighted by atomic mass is 79.9. The van der Waals surface area contributed by atoms with Gasteiger partial charge in [0.05, 0.1) is 21.2 Å². The number of ether oxygens (including phenoxy) is 1. The molecule has 1 aromatic carbocycles. The summed E-state index contributed by atoms with van der Waals surface area (Å²) in [6.07, 6.45) is 0. The molecule has 0 aliphatic heterocycles. The average molecular weight is 356 g/mol. The van der Waals surface area contributed by atoms with E-state index in [0.29, 0.717) is 10.2 Å².